The van der Waals surface area contributed by atoms with Crippen molar-refractivity contribution >= 4 is 0 Å². The van der Waals surface area contributed by atoms with E-state index in [4.69, 9.17) is 0 Å². The highest BCUT2D eigenvalue weighted by molar-refractivity contribution is 5.19. The molecule has 0 aromatic carbocycles. The molecule has 5 rings (SSSR count). The first-order chi connectivity index (χ1) is 14.9. The minimum absolute atomic E-state index is 0.559. The van der Waals surface area contributed by atoms with Crippen molar-refractivity contribution in [1.29, 1.82) is 0 Å². The van der Waals surface area contributed by atoms with Gasteiger partial charge in [-0.3, -0.25) is 0 Å². The Kier molecular flexibility index (Phi) is 5.56. The normalized spacial score (nSPS) is 55.3. The highest BCUT2D eigenvalue weighted by Crippen LogP contribution is 2.78. The van der Waals surface area contributed by atoms with Crippen LogP contribution in [-0.4, -0.2) is 0 Å². The van der Waals surface area contributed by atoms with E-state index in [1.807, 2.05) is 0 Å². The Morgan fingerprint density at radius 1 is 0.656 bits per heavy atom. The lowest BCUT2D eigenvalue weighted by atomic mass is 9.32. The zero-order chi connectivity index (χ0) is 23.2. The Morgan fingerprint density at radius 2 is 1.28 bits per heavy atom. The van der Waals surface area contributed by atoms with Crippen LogP contribution >= 0.6 is 0 Å². The van der Waals surface area contributed by atoms with Crippen LogP contribution in [0.25, 0.3) is 0 Å². The summed E-state index contributed by atoms with van der Waals surface area (Å²) in [7, 11) is 0. The minimum Gasteiger partial charge on any atom is -0.0654 e. The maximum atomic E-state index is 2.83. The molecular formula is C32H56. The molecule has 0 spiro atoms. The van der Waals surface area contributed by atoms with Gasteiger partial charge in [0.25, 0.3) is 0 Å². The molecule has 0 heterocycles. The van der Waals surface area contributed by atoms with Crippen molar-refractivity contribution in [2.24, 2.45) is 62.6 Å². The summed E-state index contributed by atoms with van der Waals surface area (Å²) in [5.74, 6) is 5.88. The predicted octanol–water partition coefficient (Wildman–Crippen LogP) is 9.91. The van der Waals surface area contributed by atoms with Gasteiger partial charge in [0.1, 0.15) is 0 Å². The minimum atomic E-state index is 0.559. The van der Waals surface area contributed by atoms with E-state index < -0.39 is 0 Å². The van der Waals surface area contributed by atoms with Crippen LogP contribution in [0.4, 0.5) is 0 Å². The van der Waals surface area contributed by atoms with E-state index in [9.17, 15) is 0 Å². The average molecular weight is 441 g/mol. The summed E-state index contributed by atoms with van der Waals surface area (Å²) >= 11 is 0. The van der Waals surface area contributed by atoms with Gasteiger partial charge in [-0.2, -0.15) is 0 Å². The average Bonchev–Trinajstić information content (AvgIpc) is 3.05. The first-order valence-corrected chi connectivity index (χ1v) is 14.9. The zero-order valence-electron chi connectivity index (χ0n) is 23.2. The Balaban J connectivity index is 1.48. The van der Waals surface area contributed by atoms with Crippen LogP contribution in [0.3, 0.4) is 0 Å². The third-order valence-electron chi connectivity index (χ3n) is 14.2. The molecule has 0 aliphatic heterocycles. The number of rotatable bonds is 3. The molecule has 0 N–H and O–H groups in total. The molecule has 0 radical (unpaired) electrons. The van der Waals surface area contributed by atoms with E-state index in [1.165, 1.54) is 77.0 Å². The highest BCUT2D eigenvalue weighted by atomic mass is 14.7. The van der Waals surface area contributed by atoms with E-state index >= 15 is 0 Å². The molecule has 0 bridgehead atoms. The van der Waals surface area contributed by atoms with E-state index in [0.29, 0.717) is 27.1 Å². The van der Waals surface area contributed by atoms with Crippen molar-refractivity contribution in [3.05, 3.63) is 0 Å². The van der Waals surface area contributed by atoms with Gasteiger partial charge in [0.05, 0.1) is 0 Å². The largest absolute Gasteiger partial charge is 0.0654 e. The molecular weight excluding hydrogens is 384 g/mol. The molecule has 1 unspecified atom stereocenters. The summed E-state index contributed by atoms with van der Waals surface area (Å²) < 4.78 is 0. The Bertz CT molecular complexity index is 720. The SMILES string of the molecule is CCCC(C)[C@H]1CC[C@]2(C)[C@H]3CC[C@@H]4[C@@]5(C)CCCC(C)(C)[C@@H]5CC[C@@]4(C)[C@]3(C)CC[C@@H]12. The lowest BCUT2D eigenvalue weighted by molar-refractivity contribution is -0.241. The van der Waals surface area contributed by atoms with Gasteiger partial charge >= 0.3 is 0 Å². The van der Waals surface area contributed by atoms with Gasteiger partial charge in [-0.1, -0.05) is 74.7 Å². The second kappa shape index (κ2) is 7.50. The van der Waals surface area contributed by atoms with Crippen molar-refractivity contribution in [3.8, 4) is 0 Å². The number of hydrogen-bond acceptors (Lipinski definition) is 0. The molecule has 0 aromatic heterocycles. The molecule has 5 aliphatic carbocycles. The Hall–Kier alpha value is 0. The topological polar surface area (TPSA) is 0 Å². The second-order valence-corrected chi connectivity index (χ2v) is 15.6. The quantitative estimate of drug-likeness (QED) is 0.409. The Morgan fingerprint density at radius 3 is 1.94 bits per heavy atom. The fourth-order valence-corrected chi connectivity index (χ4v) is 12.7. The fraction of sp³-hybridized carbons (Fsp3) is 1.00. The van der Waals surface area contributed by atoms with Crippen LogP contribution in [0.5, 0.6) is 0 Å². The molecule has 0 aromatic rings. The monoisotopic (exact) mass is 440 g/mol. The maximum Gasteiger partial charge on any atom is -0.0235 e. The van der Waals surface area contributed by atoms with Crippen LogP contribution < -0.4 is 0 Å². The smallest absolute Gasteiger partial charge is 0.0235 e. The van der Waals surface area contributed by atoms with E-state index in [-0.39, 0.29) is 0 Å². The summed E-state index contributed by atoms with van der Waals surface area (Å²) in [5.41, 5.74) is 2.91. The molecule has 5 aliphatic rings. The van der Waals surface area contributed by atoms with E-state index in [2.05, 4.69) is 55.4 Å². The number of hydrogen-bond donors (Lipinski definition) is 0. The highest BCUT2D eigenvalue weighted by Gasteiger charge is 2.70. The number of fused-ring (bicyclic) bond motifs is 7. The maximum absolute atomic E-state index is 2.83. The third kappa shape index (κ3) is 2.92. The molecule has 5 saturated carbocycles. The molecule has 10 atom stereocenters. The standard InChI is InChI=1S/C32H56/c1-9-11-22(2)23-14-19-29(5)24(23)15-20-31(7)26(29)12-13-27-30(6)18-10-17-28(3,4)25(30)16-21-32(27,31)8/h22-27H,9-21H2,1-8H3/t22?,23-,24+,25+,26-,27-,29+,30+,31-,32-/m1/s1. The van der Waals surface area contributed by atoms with Crippen molar-refractivity contribution in [3.63, 3.8) is 0 Å². The summed E-state index contributed by atoms with van der Waals surface area (Å²) in [6.07, 6.45) is 19.5. The molecule has 5 fully saturated rings. The summed E-state index contributed by atoms with van der Waals surface area (Å²) in [5, 5.41) is 0. The van der Waals surface area contributed by atoms with E-state index in [0.717, 1.165) is 35.5 Å². The third-order valence-corrected chi connectivity index (χ3v) is 14.2. The molecule has 0 amide bonds. The zero-order valence-corrected chi connectivity index (χ0v) is 23.2. The molecule has 184 valence electrons. The first-order valence-electron chi connectivity index (χ1n) is 14.9. The van der Waals surface area contributed by atoms with Crippen molar-refractivity contribution in [1.82, 2.24) is 0 Å². The van der Waals surface area contributed by atoms with Crippen LogP contribution in [0, 0.1) is 62.6 Å². The van der Waals surface area contributed by atoms with Gasteiger partial charge in [0.2, 0.25) is 0 Å². The first kappa shape index (κ1) is 23.7. The summed E-state index contributed by atoms with van der Waals surface area (Å²) in [6, 6.07) is 0. The van der Waals surface area contributed by atoms with Crippen LogP contribution in [-0.2, 0) is 0 Å². The van der Waals surface area contributed by atoms with Gasteiger partial charge in [0, 0.05) is 0 Å². The summed E-state index contributed by atoms with van der Waals surface area (Å²) in [6.45, 7) is 21.4. The van der Waals surface area contributed by atoms with Crippen LogP contribution in [0.2, 0.25) is 0 Å². The Labute approximate surface area is 201 Å². The predicted molar refractivity (Wildman–Crippen MR) is 139 cm³/mol. The van der Waals surface area contributed by atoms with Crippen molar-refractivity contribution < 1.29 is 0 Å². The molecule has 0 saturated heterocycles. The summed E-state index contributed by atoms with van der Waals surface area (Å²) in [4.78, 5) is 0. The van der Waals surface area contributed by atoms with Gasteiger partial charge in [-0.25, -0.2) is 0 Å². The molecule has 0 heteroatoms. The van der Waals surface area contributed by atoms with Gasteiger partial charge in [-0.05, 0) is 127 Å². The lowest BCUT2D eigenvalue weighted by Gasteiger charge is -2.73. The van der Waals surface area contributed by atoms with Gasteiger partial charge < -0.3 is 0 Å². The van der Waals surface area contributed by atoms with Gasteiger partial charge in [-0.15, -0.1) is 0 Å². The van der Waals surface area contributed by atoms with Crippen LogP contribution in [0.15, 0.2) is 0 Å². The second-order valence-electron chi connectivity index (χ2n) is 15.6. The van der Waals surface area contributed by atoms with Crippen molar-refractivity contribution in [2.75, 3.05) is 0 Å². The molecule has 0 nitrogen and oxygen atoms in total. The van der Waals surface area contributed by atoms with Crippen molar-refractivity contribution in [2.45, 2.75) is 139 Å². The van der Waals surface area contributed by atoms with Gasteiger partial charge in [0.15, 0.2) is 0 Å². The molecule has 32 heavy (non-hydrogen) atoms. The van der Waals surface area contributed by atoms with E-state index in [1.54, 1.807) is 6.42 Å². The fourth-order valence-electron chi connectivity index (χ4n) is 12.7. The lowest BCUT2D eigenvalue weighted by Crippen LogP contribution is -2.65. The van der Waals surface area contributed by atoms with Crippen LogP contribution in [0.1, 0.15) is 139 Å².